The number of thiophene rings is 1. The lowest BCUT2D eigenvalue weighted by Gasteiger charge is -2.26. The molecule has 25 heavy (non-hydrogen) atoms. The first-order valence-electron chi connectivity index (χ1n) is 7.91. The number of ether oxygens (including phenoxy) is 1. The zero-order chi connectivity index (χ0) is 18.0. The maximum Gasteiger partial charge on any atom is 0.269 e. The van der Waals surface area contributed by atoms with E-state index >= 15 is 0 Å². The Morgan fingerprint density at radius 2 is 1.96 bits per heavy atom. The molecule has 1 aromatic carbocycles. The second-order valence-electron chi connectivity index (χ2n) is 5.83. The van der Waals surface area contributed by atoms with Crippen LogP contribution in [0.15, 0.2) is 40.6 Å². The lowest BCUT2D eigenvalue weighted by molar-refractivity contribution is 0.0730. The Morgan fingerprint density at radius 1 is 1.24 bits per heavy atom. The van der Waals surface area contributed by atoms with Crippen molar-refractivity contribution in [3.05, 3.63) is 46.2 Å². The molecule has 1 fully saturated rings. The minimum atomic E-state index is -3.70. The van der Waals surface area contributed by atoms with Gasteiger partial charge in [0.05, 0.1) is 13.2 Å². The SMILES string of the molecule is Cc1cccc(N(C)C(=O)c2sccc2S(=O)(=O)N2CCOCC2)c1. The van der Waals surface area contributed by atoms with Crippen LogP contribution < -0.4 is 4.90 Å². The normalized spacial score (nSPS) is 15.9. The number of hydrogen-bond donors (Lipinski definition) is 0. The van der Waals surface area contributed by atoms with Crippen molar-refractivity contribution in [2.45, 2.75) is 11.8 Å². The first-order chi connectivity index (χ1) is 11.9. The highest BCUT2D eigenvalue weighted by molar-refractivity contribution is 7.89. The smallest absolute Gasteiger partial charge is 0.269 e. The van der Waals surface area contributed by atoms with Crippen molar-refractivity contribution in [1.82, 2.24) is 4.31 Å². The van der Waals surface area contributed by atoms with Gasteiger partial charge in [0.1, 0.15) is 9.77 Å². The van der Waals surface area contributed by atoms with Crippen LogP contribution in [0.2, 0.25) is 0 Å². The standard InChI is InChI=1S/C17H20N2O4S2/c1-13-4-3-5-14(12-13)18(2)17(20)16-15(6-11-24-16)25(21,22)19-7-9-23-10-8-19/h3-6,11-12H,7-10H2,1-2H3. The van der Waals surface area contributed by atoms with E-state index in [9.17, 15) is 13.2 Å². The van der Waals surface area contributed by atoms with Gasteiger partial charge in [-0.3, -0.25) is 4.79 Å². The predicted octanol–water partition coefficient (Wildman–Crippen LogP) is 2.35. The Hall–Kier alpha value is -1.74. The van der Waals surface area contributed by atoms with Crippen molar-refractivity contribution in [3.63, 3.8) is 0 Å². The number of rotatable bonds is 4. The average Bonchev–Trinajstić information content (AvgIpc) is 3.12. The summed E-state index contributed by atoms with van der Waals surface area (Å²) in [6.45, 7) is 3.30. The minimum Gasteiger partial charge on any atom is -0.379 e. The highest BCUT2D eigenvalue weighted by Crippen LogP contribution is 2.28. The van der Waals surface area contributed by atoms with E-state index < -0.39 is 10.0 Å². The van der Waals surface area contributed by atoms with Gasteiger partial charge in [-0.2, -0.15) is 4.31 Å². The molecule has 8 heteroatoms. The molecular weight excluding hydrogens is 360 g/mol. The Balaban J connectivity index is 1.91. The predicted molar refractivity (Wildman–Crippen MR) is 97.8 cm³/mol. The molecule has 0 atom stereocenters. The first-order valence-corrected chi connectivity index (χ1v) is 10.2. The molecule has 0 saturated carbocycles. The highest BCUT2D eigenvalue weighted by atomic mass is 32.2. The fourth-order valence-corrected chi connectivity index (χ4v) is 5.47. The van der Waals surface area contributed by atoms with Crippen LogP contribution in [0.5, 0.6) is 0 Å². The third-order valence-corrected chi connectivity index (χ3v) is 7.08. The van der Waals surface area contributed by atoms with E-state index in [0.29, 0.717) is 26.3 Å². The van der Waals surface area contributed by atoms with Crippen molar-refractivity contribution in [2.75, 3.05) is 38.3 Å². The summed E-state index contributed by atoms with van der Waals surface area (Å²) in [5.74, 6) is -0.326. The summed E-state index contributed by atoms with van der Waals surface area (Å²) < 4.78 is 32.4. The maximum atomic E-state index is 12.9. The molecule has 1 amide bonds. The number of hydrogen-bond acceptors (Lipinski definition) is 5. The summed E-state index contributed by atoms with van der Waals surface area (Å²) in [5, 5.41) is 1.64. The molecule has 0 bridgehead atoms. The van der Waals surface area contributed by atoms with Gasteiger partial charge in [0.25, 0.3) is 5.91 Å². The van der Waals surface area contributed by atoms with Crippen LogP contribution in [0.1, 0.15) is 15.2 Å². The maximum absolute atomic E-state index is 12.9. The summed E-state index contributed by atoms with van der Waals surface area (Å²) in [6.07, 6.45) is 0. The van der Waals surface area contributed by atoms with E-state index in [0.717, 1.165) is 22.6 Å². The minimum absolute atomic E-state index is 0.0731. The Labute approximate surface area is 151 Å². The van der Waals surface area contributed by atoms with Crippen LogP contribution in [0, 0.1) is 6.92 Å². The van der Waals surface area contributed by atoms with E-state index in [1.807, 2.05) is 31.2 Å². The molecule has 3 rings (SSSR count). The first kappa shape index (κ1) is 18.1. The van der Waals surface area contributed by atoms with Crippen LogP contribution >= 0.6 is 11.3 Å². The number of carbonyl (C=O) groups is 1. The van der Waals surface area contributed by atoms with E-state index in [1.165, 1.54) is 15.3 Å². The van der Waals surface area contributed by atoms with Crippen LogP contribution in [-0.2, 0) is 14.8 Å². The quantitative estimate of drug-likeness (QED) is 0.817. The molecule has 0 unspecified atom stereocenters. The van der Waals surface area contributed by atoms with Gasteiger partial charge in [-0.25, -0.2) is 8.42 Å². The van der Waals surface area contributed by atoms with Crippen molar-refractivity contribution >= 4 is 33.0 Å². The fraction of sp³-hybridized carbons (Fsp3) is 0.353. The highest BCUT2D eigenvalue weighted by Gasteiger charge is 2.32. The molecule has 0 aliphatic carbocycles. The Bertz CT molecular complexity index is 870. The van der Waals surface area contributed by atoms with E-state index in [2.05, 4.69) is 0 Å². The lowest BCUT2D eigenvalue weighted by Crippen LogP contribution is -2.41. The number of morpholine rings is 1. The van der Waals surface area contributed by atoms with Gasteiger partial charge in [0, 0.05) is 25.8 Å². The molecule has 2 heterocycles. The number of benzene rings is 1. The van der Waals surface area contributed by atoms with Crippen molar-refractivity contribution in [3.8, 4) is 0 Å². The van der Waals surface area contributed by atoms with Gasteiger partial charge in [0.2, 0.25) is 10.0 Å². The number of aryl methyl sites for hydroxylation is 1. The van der Waals surface area contributed by atoms with E-state index in [-0.39, 0.29) is 15.7 Å². The van der Waals surface area contributed by atoms with Crippen LogP contribution in [0.25, 0.3) is 0 Å². The molecule has 1 aliphatic heterocycles. The average molecular weight is 380 g/mol. The Kier molecular flexibility index (Phi) is 5.24. The second kappa shape index (κ2) is 7.25. The molecule has 0 N–H and O–H groups in total. The van der Waals surface area contributed by atoms with Crippen LogP contribution in [-0.4, -0.2) is 52.0 Å². The molecule has 134 valence electrons. The van der Waals surface area contributed by atoms with Gasteiger partial charge in [-0.15, -0.1) is 11.3 Å². The second-order valence-corrected chi connectivity index (χ2v) is 8.66. The van der Waals surface area contributed by atoms with Gasteiger partial charge < -0.3 is 9.64 Å². The summed E-state index contributed by atoms with van der Waals surface area (Å²) in [6, 6.07) is 9.04. The van der Waals surface area contributed by atoms with Gasteiger partial charge in [-0.1, -0.05) is 12.1 Å². The Morgan fingerprint density at radius 3 is 2.64 bits per heavy atom. The van der Waals surface area contributed by atoms with E-state index in [4.69, 9.17) is 4.74 Å². The monoisotopic (exact) mass is 380 g/mol. The number of amides is 1. The van der Waals surface area contributed by atoms with Crippen LogP contribution in [0.4, 0.5) is 5.69 Å². The molecule has 0 radical (unpaired) electrons. The number of carbonyl (C=O) groups excluding carboxylic acids is 1. The number of nitrogens with zero attached hydrogens (tertiary/aromatic N) is 2. The van der Waals surface area contributed by atoms with Crippen molar-refractivity contribution in [1.29, 1.82) is 0 Å². The number of anilines is 1. The third-order valence-electron chi connectivity index (χ3n) is 4.10. The van der Waals surface area contributed by atoms with Crippen LogP contribution in [0.3, 0.4) is 0 Å². The van der Waals surface area contributed by atoms with Gasteiger partial charge >= 0.3 is 0 Å². The molecular formula is C17H20N2O4S2. The summed E-state index contributed by atoms with van der Waals surface area (Å²) in [5.41, 5.74) is 1.76. The van der Waals surface area contributed by atoms with Gasteiger partial charge in [0.15, 0.2) is 0 Å². The fourth-order valence-electron chi connectivity index (χ4n) is 2.69. The summed E-state index contributed by atoms with van der Waals surface area (Å²) in [7, 11) is -2.05. The molecule has 2 aromatic rings. The summed E-state index contributed by atoms with van der Waals surface area (Å²) >= 11 is 1.15. The zero-order valence-electron chi connectivity index (χ0n) is 14.1. The zero-order valence-corrected chi connectivity index (χ0v) is 15.8. The molecule has 6 nitrogen and oxygen atoms in total. The lowest BCUT2D eigenvalue weighted by atomic mass is 10.2. The van der Waals surface area contributed by atoms with E-state index in [1.54, 1.807) is 12.4 Å². The van der Waals surface area contributed by atoms with Gasteiger partial charge in [-0.05, 0) is 36.1 Å². The largest absolute Gasteiger partial charge is 0.379 e. The topological polar surface area (TPSA) is 66.9 Å². The van der Waals surface area contributed by atoms with Crippen molar-refractivity contribution < 1.29 is 17.9 Å². The third kappa shape index (κ3) is 3.62. The summed E-state index contributed by atoms with van der Waals surface area (Å²) in [4.78, 5) is 14.7. The molecule has 1 aliphatic rings. The molecule has 1 saturated heterocycles. The number of sulfonamides is 1. The molecule has 1 aromatic heterocycles. The molecule has 0 spiro atoms. The van der Waals surface area contributed by atoms with Crippen molar-refractivity contribution in [2.24, 2.45) is 0 Å².